The zero-order valence-corrected chi connectivity index (χ0v) is 11.4. The highest BCUT2D eigenvalue weighted by Gasteiger charge is 2.14. The normalized spacial score (nSPS) is 18.6. The van der Waals surface area contributed by atoms with Crippen molar-refractivity contribution in [1.82, 2.24) is 10.3 Å². The van der Waals surface area contributed by atoms with E-state index in [9.17, 15) is 5.26 Å². The molecule has 0 amide bonds. The SMILES string of the molecule is N#Cc1cnc2ccccc2c1NCC1CCCNC1. The minimum absolute atomic E-state index is 0.618. The van der Waals surface area contributed by atoms with Crippen molar-refractivity contribution in [1.29, 1.82) is 5.26 Å². The molecule has 1 aromatic carbocycles. The van der Waals surface area contributed by atoms with Gasteiger partial charge in [0, 0.05) is 18.1 Å². The van der Waals surface area contributed by atoms with Gasteiger partial charge in [-0.15, -0.1) is 0 Å². The van der Waals surface area contributed by atoms with Crippen molar-refractivity contribution in [2.75, 3.05) is 25.0 Å². The summed E-state index contributed by atoms with van der Waals surface area (Å²) in [7, 11) is 0. The van der Waals surface area contributed by atoms with E-state index in [2.05, 4.69) is 21.7 Å². The third kappa shape index (κ3) is 2.59. The van der Waals surface area contributed by atoms with Crippen molar-refractivity contribution in [3.8, 4) is 6.07 Å². The Kier molecular flexibility index (Phi) is 3.80. The van der Waals surface area contributed by atoms with Crippen LogP contribution in [0.4, 0.5) is 5.69 Å². The molecule has 0 aliphatic carbocycles. The molecule has 1 aliphatic heterocycles. The summed E-state index contributed by atoms with van der Waals surface area (Å²) >= 11 is 0. The Labute approximate surface area is 118 Å². The Balaban J connectivity index is 1.87. The average Bonchev–Trinajstić information content (AvgIpc) is 2.53. The first-order valence-corrected chi connectivity index (χ1v) is 7.11. The fraction of sp³-hybridized carbons (Fsp3) is 0.375. The number of hydrogen-bond donors (Lipinski definition) is 2. The molecular weight excluding hydrogens is 248 g/mol. The number of pyridine rings is 1. The summed E-state index contributed by atoms with van der Waals surface area (Å²) in [6.45, 7) is 3.08. The van der Waals surface area contributed by atoms with Crippen molar-refractivity contribution in [2.24, 2.45) is 5.92 Å². The molecule has 0 radical (unpaired) electrons. The Morgan fingerprint density at radius 3 is 3.10 bits per heavy atom. The quantitative estimate of drug-likeness (QED) is 0.896. The van der Waals surface area contributed by atoms with Crippen LogP contribution in [0.25, 0.3) is 10.9 Å². The summed E-state index contributed by atoms with van der Waals surface area (Å²) in [5.41, 5.74) is 2.46. The molecule has 4 heteroatoms. The third-order valence-corrected chi connectivity index (χ3v) is 3.86. The van der Waals surface area contributed by atoms with Crippen LogP contribution >= 0.6 is 0 Å². The van der Waals surface area contributed by atoms with Gasteiger partial charge in [-0.05, 0) is 37.9 Å². The molecular formula is C16H18N4. The van der Waals surface area contributed by atoms with Crippen LogP contribution in [0.2, 0.25) is 0 Å². The number of piperidine rings is 1. The van der Waals surface area contributed by atoms with Crippen LogP contribution in [0.3, 0.4) is 0 Å². The Hall–Kier alpha value is -2.12. The van der Waals surface area contributed by atoms with Crippen LogP contribution in [-0.4, -0.2) is 24.6 Å². The van der Waals surface area contributed by atoms with Crippen LogP contribution < -0.4 is 10.6 Å². The fourth-order valence-electron chi connectivity index (χ4n) is 2.76. The van der Waals surface area contributed by atoms with Crippen LogP contribution in [0, 0.1) is 17.2 Å². The molecule has 3 rings (SSSR count). The van der Waals surface area contributed by atoms with Crippen LogP contribution in [-0.2, 0) is 0 Å². The number of nitrogens with zero attached hydrogens (tertiary/aromatic N) is 2. The van der Waals surface area contributed by atoms with E-state index in [0.717, 1.165) is 36.2 Å². The van der Waals surface area contributed by atoms with Crippen molar-refractivity contribution in [2.45, 2.75) is 12.8 Å². The molecule has 2 heterocycles. The second-order valence-corrected chi connectivity index (χ2v) is 5.27. The fourth-order valence-corrected chi connectivity index (χ4v) is 2.76. The number of anilines is 1. The van der Waals surface area contributed by atoms with E-state index in [4.69, 9.17) is 0 Å². The molecule has 2 N–H and O–H groups in total. The van der Waals surface area contributed by atoms with E-state index < -0.39 is 0 Å². The van der Waals surface area contributed by atoms with Crippen LogP contribution in [0.15, 0.2) is 30.5 Å². The lowest BCUT2D eigenvalue weighted by molar-refractivity contribution is 0.393. The van der Waals surface area contributed by atoms with Gasteiger partial charge in [0.25, 0.3) is 0 Å². The van der Waals surface area contributed by atoms with Gasteiger partial charge in [0.05, 0.1) is 16.8 Å². The van der Waals surface area contributed by atoms with Gasteiger partial charge in [-0.1, -0.05) is 18.2 Å². The summed E-state index contributed by atoms with van der Waals surface area (Å²) in [5.74, 6) is 0.627. The molecule has 102 valence electrons. The van der Waals surface area contributed by atoms with E-state index in [1.165, 1.54) is 12.8 Å². The number of fused-ring (bicyclic) bond motifs is 1. The molecule has 2 aromatic rings. The molecule has 4 nitrogen and oxygen atoms in total. The summed E-state index contributed by atoms with van der Waals surface area (Å²) in [5, 5.41) is 17.2. The largest absolute Gasteiger partial charge is 0.383 e. The molecule has 1 unspecified atom stereocenters. The molecule has 0 saturated carbocycles. The minimum Gasteiger partial charge on any atom is -0.383 e. The van der Waals surface area contributed by atoms with E-state index in [-0.39, 0.29) is 0 Å². The van der Waals surface area contributed by atoms with Gasteiger partial charge in [-0.3, -0.25) is 4.98 Å². The van der Waals surface area contributed by atoms with E-state index in [1.807, 2.05) is 24.3 Å². The summed E-state index contributed by atoms with van der Waals surface area (Å²) in [6.07, 6.45) is 4.13. The number of nitriles is 1. The molecule has 1 aromatic heterocycles. The maximum absolute atomic E-state index is 9.27. The number of rotatable bonds is 3. The van der Waals surface area contributed by atoms with Crippen LogP contribution in [0.1, 0.15) is 18.4 Å². The maximum atomic E-state index is 9.27. The van der Waals surface area contributed by atoms with Crippen LogP contribution in [0.5, 0.6) is 0 Å². The number of nitrogens with one attached hydrogen (secondary N) is 2. The molecule has 1 atom stereocenters. The average molecular weight is 266 g/mol. The van der Waals surface area contributed by atoms with Gasteiger partial charge < -0.3 is 10.6 Å². The van der Waals surface area contributed by atoms with Crippen molar-refractivity contribution >= 4 is 16.6 Å². The second-order valence-electron chi connectivity index (χ2n) is 5.27. The Morgan fingerprint density at radius 1 is 1.40 bits per heavy atom. The second kappa shape index (κ2) is 5.89. The van der Waals surface area contributed by atoms with Gasteiger partial charge in [-0.25, -0.2) is 0 Å². The van der Waals surface area contributed by atoms with Gasteiger partial charge >= 0.3 is 0 Å². The van der Waals surface area contributed by atoms with E-state index >= 15 is 0 Å². The number of benzene rings is 1. The first kappa shape index (κ1) is 12.9. The predicted molar refractivity (Wildman–Crippen MR) is 80.5 cm³/mol. The lowest BCUT2D eigenvalue weighted by Gasteiger charge is -2.24. The molecule has 0 spiro atoms. The monoisotopic (exact) mass is 266 g/mol. The molecule has 1 fully saturated rings. The van der Waals surface area contributed by atoms with Gasteiger partial charge in [0.15, 0.2) is 0 Å². The zero-order chi connectivity index (χ0) is 13.8. The molecule has 1 saturated heterocycles. The summed E-state index contributed by atoms with van der Waals surface area (Å²) < 4.78 is 0. The number of para-hydroxylation sites is 1. The first-order chi connectivity index (χ1) is 9.88. The molecule has 1 aliphatic rings. The summed E-state index contributed by atoms with van der Waals surface area (Å²) in [4.78, 5) is 4.33. The van der Waals surface area contributed by atoms with Crippen molar-refractivity contribution < 1.29 is 0 Å². The highest BCUT2D eigenvalue weighted by atomic mass is 14.9. The molecule has 0 bridgehead atoms. The highest BCUT2D eigenvalue weighted by molar-refractivity contribution is 5.93. The Morgan fingerprint density at radius 2 is 2.30 bits per heavy atom. The third-order valence-electron chi connectivity index (χ3n) is 3.86. The smallest absolute Gasteiger partial charge is 0.103 e. The topological polar surface area (TPSA) is 60.7 Å². The van der Waals surface area contributed by atoms with Crippen molar-refractivity contribution in [3.05, 3.63) is 36.0 Å². The lowest BCUT2D eigenvalue weighted by Crippen LogP contribution is -2.33. The maximum Gasteiger partial charge on any atom is 0.103 e. The van der Waals surface area contributed by atoms with Crippen molar-refractivity contribution in [3.63, 3.8) is 0 Å². The Bertz CT molecular complexity index is 638. The highest BCUT2D eigenvalue weighted by Crippen LogP contribution is 2.26. The minimum atomic E-state index is 0.618. The van der Waals surface area contributed by atoms with E-state index in [1.54, 1.807) is 6.20 Å². The summed E-state index contributed by atoms with van der Waals surface area (Å²) in [6, 6.07) is 10.2. The predicted octanol–water partition coefficient (Wildman–Crippen LogP) is 2.52. The molecule has 20 heavy (non-hydrogen) atoms. The number of aromatic nitrogens is 1. The lowest BCUT2D eigenvalue weighted by atomic mass is 9.99. The van der Waals surface area contributed by atoms with Gasteiger partial charge in [-0.2, -0.15) is 5.26 Å². The first-order valence-electron chi connectivity index (χ1n) is 7.11. The standard InChI is InChI=1S/C16H18N4/c17-8-13-11-19-15-6-2-1-5-14(15)16(13)20-10-12-4-3-7-18-9-12/h1-2,5-6,11-12,18H,3-4,7,9-10H2,(H,19,20). The van der Waals surface area contributed by atoms with Gasteiger partial charge in [0.1, 0.15) is 6.07 Å². The number of hydrogen-bond acceptors (Lipinski definition) is 4. The van der Waals surface area contributed by atoms with Gasteiger partial charge in [0.2, 0.25) is 0 Å². The zero-order valence-electron chi connectivity index (χ0n) is 11.4. The van der Waals surface area contributed by atoms with E-state index in [0.29, 0.717) is 11.5 Å².